The van der Waals surface area contributed by atoms with Crippen molar-refractivity contribution in [2.24, 2.45) is 0 Å². The highest BCUT2D eigenvalue weighted by Gasteiger charge is 2.28. The van der Waals surface area contributed by atoms with E-state index in [4.69, 9.17) is 9.47 Å². The zero-order valence-electron chi connectivity index (χ0n) is 15.3. The number of ether oxygens (including phenoxy) is 2. The first-order chi connectivity index (χ1) is 13.3. The molecule has 1 aromatic carbocycles. The molecular weight excluding hydrogens is 342 g/mol. The van der Waals surface area contributed by atoms with E-state index in [1.165, 1.54) is 0 Å². The molecule has 2 aromatic rings. The third kappa shape index (κ3) is 4.28. The summed E-state index contributed by atoms with van der Waals surface area (Å²) in [6.07, 6.45) is 5.61. The Balaban J connectivity index is 1.46. The van der Waals surface area contributed by atoms with Gasteiger partial charge in [0, 0.05) is 50.4 Å². The second kappa shape index (κ2) is 8.50. The number of amides is 1. The second-order valence-corrected chi connectivity index (χ2v) is 6.96. The molecule has 2 fully saturated rings. The van der Waals surface area contributed by atoms with E-state index in [-0.39, 0.29) is 18.1 Å². The van der Waals surface area contributed by atoms with Crippen LogP contribution in [0.4, 0.5) is 0 Å². The number of nitrogens with one attached hydrogen (secondary N) is 1. The number of aromatic nitrogens is 1. The standard InChI is InChI=1S/C21H25N3O3/c25-21(24-11-10-23-15-20(24)17-2-1-9-22-14-17)16-3-5-18(6-4-16)27-19-7-12-26-13-8-19/h1-6,9,14,19-20,23H,7-8,10-13,15H2. The lowest BCUT2D eigenvalue weighted by atomic mass is 10.0. The van der Waals surface area contributed by atoms with Crippen molar-refractivity contribution in [2.75, 3.05) is 32.8 Å². The van der Waals surface area contributed by atoms with Crippen LogP contribution in [-0.4, -0.2) is 54.7 Å². The molecule has 0 spiro atoms. The molecule has 2 saturated heterocycles. The van der Waals surface area contributed by atoms with Crippen LogP contribution < -0.4 is 10.1 Å². The third-order valence-corrected chi connectivity index (χ3v) is 5.15. The lowest BCUT2D eigenvalue weighted by Crippen LogP contribution is -2.48. The molecule has 27 heavy (non-hydrogen) atoms. The Morgan fingerprint density at radius 1 is 1.19 bits per heavy atom. The number of benzene rings is 1. The fourth-order valence-electron chi connectivity index (χ4n) is 3.65. The summed E-state index contributed by atoms with van der Waals surface area (Å²) in [5.41, 5.74) is 1.74. The number of rotatable bonds is 4. The van der Waals surface area contributed by atoms with Crippen molar-refractivity contribution in [2.45, 2.75) is 25.0 Å². The molecular formula is C21H25N3O3. The summed E-state index contributed by atoms with van der Waals surface area (Å²) >= 11 is 0. The SMILES string of the molecule is O=C(c1ccc(OC2CCOCC2)cc1)N1CCNCC1c1cccnc1. The average Bonchev–Trinajstić information content (AvgIpc) is 2.75. The van der Waals surface area contributed by atoms with Crippen LogP contribution >= 0.6 is 0 Å². The van der Waals surface area contributed by atoms with Crippen molar-refractivity contribution in [3.05, 3.63) is 59.9 Å². The highest BCUT2D eigenvalue weighted by Crippen LogP contribution is 2.25. The molecule has 1 N–H and O–H groups in total. The normalized spacial score (nSPS) is 21.0. The van der Waals surface area contributed by atoms with Gasteiger partial charge in [-0.2, -0.15) is 0 Å². The molecule has 0 saturated carbocycles. The quantitative estimate of drug-likeness (QED) is 0.899. The van der Waals surface area contributed by atoms with Gasteiger partial charge in [-0.1, -0.05) is 6.07 Å². The van der Waals surface area contributed by atoms with Crippen LogP contribution in [0.2, 0.25) is 0 Å². The van der Waals surface area contributed by atoms with Crippen LogP contribution in [0.15, 0.2) is 48.8 Å². The Hall–Kier alpha value is -2.44. The molecule has 6 nitrogen and oxygen atoms in total. The van der Waals surface area contributed by atoms with Crippen LogP contribution in [0.5, 0.6) is 5.75 Å². The fourth-order valence-corrected chi connectivity index (χ4v) is 3.65. The van der Waals surface area contributed by atoms with E-state index >= 15 is 0 Å². The summed E-state index contributed by atoms with van der Waals surface area (Å²) in [6.45, 7) is 3.72. The van der Waals surface area contributed by atoms with Crippen molar-refractivity contribution >= 4 is 5.91 Å². The molecule has 1 atom stereocenters. The maximum absolute atomic E-state index is 13.1. The van der Waals surface area contributed by atoms with Crippen LogP contribution in [-0.2, 0) is 4.74 Å². The molecule has 0 radical (unpaired) electrons. The molecule has 6 heteroatoms. The molecule has 1 unspecified atom stereocenters. The van der Waals surface area contributed by atoms with E-state index in [2.05, 4.69) is 10.3 Å². The maximum Gasteiger partial charge on any atom is 0.254 e. The minimum Gasteiger partial charge on any atom is -0.490 e. The molecule has 4 rings (SSSR count). The number of carbonyl (C=O) groups excluding carboxylic acids is 1. The first-order valence-corrected chi connectivity index (χ1v) is 9.57. The molecule has 0 bridgehead atoms. The Morgan fingerprint density at radius 3 is 2.74 bits per heavy atom. The van der Waals surface area contributed by atoms with Gasteiger partial charge in [0.2, 0.25) is 0 Å². The highest BCUT2D eigenvalue weighted by atomic mass is 16.5. The fraction of sp³-hybridized carbons (Fsp3) is 0.429. The number of piperazine rings is 1. The highest BCUT2D eigenvalue weighted by molar-refractivity contribution is 5.94. The van der Waals surface area contributed by atoms with E-state index in [0.29, 0.717) is 12.1 Å². The Kier molecular flexibility index (Phi) is 5.65. The van der Waals surface area contributed by atoms with E-state index < -0.39 is 0 Å². The van der Waals surface area contributed by atoms with E-state index in [1.54, 1.807) is 6.20 Å². The van der Waals surface area contributed by atoms with Gasteiger partial charge >= 0.3 is 0 Å². The monoisotopic (exact) mass is 367 g/mol. The van der Waals surface area contributed by atoms with Gasteiger partial charge < -0.3 is 19.7 Å². The minimum absolute atomic E-state index is 0.00175. The second-order valence-electron chi connectivity index (χ2n) is 6.96. The Labute approximate surface area is 159 Å². The van der Waals surface area contributed by atoms with Gasteiger partial charge in [0.15, 0.2) is 0 Å². The van der Waals surface area contributed by atoms with Gasteiger partial charge in [0.05, 0.1) is 19.3 Å². The van der Waals surface area contributed by atoms with Crippen molar-refractivity contribution < 1.29 is 14.3 Å². The van der Waals surface area contributed by atoms with Gasteiger partial charge in [0.25, 0.3) is 5.91 Å². The zero-order chi connectivity index (χ0) is 18.5. The van der Waals surface area contributed by atoms with Gasteiger partial charge in [-0.25, -0.2) is 0 Å². The van der Waals surface area contributed by atoms with Gasteiger partial charge in [-0.15, -0.1) is 0 Å². The molecule has 3 heterocycles. The molecule has 1 aromatic heterocycles. The van der Waals surface area contributed by atoms with Crippen molar-refractivity contribution in [1.29, 1.82) is 0 Å². The molecule has 0 aliphatic carbocycles. The van der Waals surface area contributed by atoms with Crippen LogP contribution in [0.25, 0.3) is 0 Å². The third-order valence-electron chi connectivity index (χ3n) is 5.15. The van der Waals surface area contributed by atoms with E-state index in [9.17, 15) is 4.79 Å². The first-order valence-electron chi connectivity index (χ1n) is 9.57. The van der Waals surface area contributed by atoms with Crippen LogP contribution in [0, 0.1) is 0 Å². The van der Waals surface area contributed by atoms with E-state index in [1.807, 2.05) is 47.5 Å². The van der Waals surface area contributed by atoms with E-state index in [0.717, 1.165) is 50.5 Å². The lowest BCUT2D eigenvalue weighted by molar-refractivity contribution is 0.0255. The summed E-state index contributed by atoms with van der Waals surface area (Å²) < 4.78 is 11.4. The molecule has 1 amide bonds. The minimum atomic E-state index is -0.00175. The predicted molar refractivity (Wildman–Crippen MR) is 102 cm³/mol. The summed E-state index contributed by atoms with van der Waals surface area (Å²) in [7, 11) is 0. The summed E-state index contributed by atoms with van der Waals surface area (Å²) in [5.74, 6) is 0.852. The Morgan fingerprint density at radius 2 is 2.00 bits per heavy atom. The summed E-state index contributed by atoms with van der Waals surface area (Å²) in [6, 6.07) is 11.4. The number of hydrogen-bond donors (Lipinski definition) is 1. The van der Waals surface area contributed by atoms with Crippen LogP contribution in [0.3, 0.4) is 0 Å². The van der Waals surface area contributed by atoms with Gasteiger partial charge in [0.1, 0.15) is 11.9 Å². The number of nitrogens with zero attached hydrogens (tertiary/aromatic N) is 2. The topological polar surface area (TPSA) is 63.7 Å². The number of pyridine rings is 1. The molecule has 2 aliphatic heterocycles. The summed E-state index contributed by atoms with van der Waals surface area (Å²) in [4.78, 5) is 19.2. The molecule has 2 aliphatic rings. The Bertz CT molecular complexity index is 745. The number of carbonyl (C=O) groups is 1. The van der Waals surface area contributed by atoms with Gasteiger partial charge in [-0.3, -0.25) is 9.78 Å². The number of hydrogen-bond acceptors (Lipinski definition) is 5. The van der Waals surface area contributed by atoms with Crippen molar-refractivity contribution in [3.8, 4) is 5.75 Å². The summed E-state index contributed by atoms with van der Waals surface area (Å²) in [5, 5.41) is 3.37. The smallest absolute Gasteiger partial charge is 0.254 e. The van der Waals surface area contributed by atoms with Gasteiger partial charge in [-0.05, 0) is 35.9 Å². The predicted octanol–water partition coefficient (Wildman–Crippen LogP) is 2.43. The first kappa shape index (κ1) is 17.9. The van der Waals surface area contributed by atoms with Crippen LogP contribution in [0.1, 0.15) is 34.8 Å². The van der Waals surface area contributed by atoms with Crippen molar-refractivity contribution in [3.63, 3.8) is 0 Å². The lowest BCUT2D eigenvalue weighted by Gasteiger charge is -2.36. The maximum atomic E-state index is 13.1. The largest absolute Gasteiger partial charge is 0.490 e. The molecule has 142 valence electrons. The average molecular weight is 367 g/mol. The zero-order valence-corrected chi connectivity index (χ0v) is 15.3. The van der Waals surface area contributed by atoms with Crippen molar-refractivity contribution in [1.82, 2.24) is 15.2 Å².